The average molecular weight is 317 g/mol. The average Bonchev–Trinajstić information content (AvgIpc) is 2.55. The largest absolute Gasteiger partial charge is 0.481 e. The van der Waals surface area contributed by atoms with Crippen molar-refractivity contribution in [2.75, 3.05) is 0 Å². The Balaban J connectivity index is 1.87. The van der Waals surface area contributed by atoms with Gasteiger partial charge in [-0.25, -0.2) is 0 Å². The lowest BCUT2D eigenvalue weighted by Crippen LogP contribution is -2.33. The summed E-state index contributed by atoms with van der Waals surface area (Å²) >= 11 is 0. The van der Waals surface area contributed by atoms with Crippen LogP contribution in [-0.2, 0) is 11.2 Å². The van der Waals surface area contributed by atoms with Crippen molar-refractivity contribution in [3.8, 4) is 0 Å². The maximum absolute atomic E-state index is 10.7. The van der Waals surface area contributed by atoms with Crippen molar-refractivity contribution in [2.24, 2.45) is 5.92 Å². The zero-order valence-electron chi connectivity index (χ0n) is 14.6. The van der Waals surface area contributed by atoms with E-state index in [1.807, 2.05) is 12.1 Å². The van der Waals surface area contributed by atoms with Gasteiger partial charge in [0, 0.05) is 12.1 Å². The predicted molar refractivity (Wildman–Crippen MR) is 94.6 cm³/mol. The molecule has 0 aromatic heterocycles. The first-order chi connectivity index (χ1) is 11.1. The van der Waals surface area contributed by atoms with E-state index in [-0.39, 0.29) is 6.42 Å². The fourth-order valence-corrected chi connectivity index (χ4v) is 3.73. The van der Waals surface area contributed by atoms with Gasteiger partial charge in [-0.3, -0.25) is 4.79 Å². The number of carboxylic acid groups (broad SMARTS) is 1. The highest BCUT2D eigenvalue weighted by Gasteiger charge is 2.19. The molecule has 0 bridgehead atoms. The molecule has 128 valence electrons. The number of hydrogen-bond donors (Lipinski definition) is 2. The van der Waals surface area contributed by atoms with Crippen molar-refractivity contribution < 1.29 is 9.90 Å². The SMILES string of the molecule is CCC(CC1CCCCC1)NC(C)c1ccc(CC(=O)O)cc1. The van der Waals surface area contributed by atoms with E-state index >= 15 is 0 Å². The highest BCUT2D eigenvalue weighted by Crippen LogP contribution is 2.28. The molecule has 1 aromatic carbocycles. The molecule has 1 aliphatic rings. The third-order valence-corrected chi connectivity index (χ3v) is 5.16. The van der Waals surface area contributed by atoms with Crippen molar-refractivity contribution in [1.29, 1.82) is 0 Å². The summed E-state index contributed by atoms with van der Waals surface area (Å²) in [4.78, 5) is 10.7. The number of hydrogen-bond acceptors (Lipinski definition) is 2. The minimum Gasteiger partial charge on any atom is -0.481 e. The van der Waals surface area contributed by atoms with Crippen LogP contribution in [0.25, 0.3) is 0 Å². The van der Waals surface area contributed by atoms with E-state index in [1.54, 1.807) is 0 Å². The molecule has 2 atom stereocenters. The molecule has 23 heavy (non-hydrogen) atoms. The number of rotatable bonds is 8. The normalized spacial score (nSPS) is 18.5. The maximum atomic E-state index is 10.7. The summed E-state index contributed by atoms with van der Waals surface area (Å²) in [7, 11) is 0. The summed E-state index contributed by atoms with van der Waals surface area (Å²) < 4.78 is 0. The second-order valence-corrected chi connectivity index (χ2v) is 7.05. The summed E-state index contributed by atoms with van der Waals surface area (Å²) in [6.07, 6.45) is 9.58. The number of aliphatic carboxylic acids is 1. The fraction of sp³-hybridized carbons (Fsp3) is 0.650. The van der Waals surface area contributed by atoms with Crippen LogP contribution < -0.4 is 5.32 Å². The number of benzene rings is 1. The quantitative estimate of drug-likeness (QED) is 0.730. The topological polar surface area (TPSA) is 49.3 Å². The van der Waals surface area contributed by atoms with Crippen LogP contribution in [-0.4, -0.2) is 17.1 Å². The number of nitrogens with one attached hydrogen (secondary N) is 1. The Hall–Kier alpha value is -1.35. The summed E-state index contributed by atoms with van der Waals surface area (Å²) in [5.74, 6) is 0.119. The van der Waals surface area contributed by atoms with Gasteiger partial charge < -0.3 is 10.4 Å². The molecule has 2 unspecified atom stereocenters. The molecule has 3 heteroatoms. The van der Waals surface area contributed by atoms with Gasteiger partial charge >= 0.3 is 5.97 Å². The molecule has 0 aliphatic heterocycles. The van der Waals surface area contributed by atoms with E-state index in [9.17, 15) is 4.79 Å². The summed E-state index contributed by atoms with van der Waals surface area (Å²) in [6.45, 7) is 4.47. The van der Waals surface area contributed by atoms with Gasteiger partial charge in [-0.1, -0.05) is 63.3 Å². The maximum Gasteiger partial charge on any atom is 0.307 e. The van der Waals surface area contributed by atoms with Gasteiger partial charge in [0.25, 0.3) is 0 Å². The molecule has 2 N–H and O–H groups in total. The third-order valence-electron chi connectivity index (χ3n) is 5.16. The molecule has 0 heterocycles. The van der Waals surface area contributed by atoms with Crippen LogP contribution in [0.4, 0.5) is 0 Å². The van der Waals surface area contributed by atoms with E-state index in [0.29, 0.717) is 12.1 Å². The van der Waals surface area contributed by atoms with Crippen LogP contribution in [0.3, 0.4) is 0 Å². The van der Waals surface area contributed by atoms with Crippen LogP contribution in [0.15, 0.2) is 24.3 Å². The van der Waals surface area contributed by atoms with Crippen molar-refractivity contribution in [1.82, 2.24) is 5.32 Å². The molecule has 0 saturated heterocycles. The number of carboxylic acids is 1. The summed E-state index contributed by atoms with van der Waals surface area (Å²) in [5.41, 5.74) is 2.10. The smallest absolute Gasteiger partial charge is 0.307 e. The van der Waals surface area contributed by atoms with Crippen molar-refractivity contribution in [3.63, 3.8) is 0 Å². The zero-order valence-corrected chi connectivity index (χ0v) is 14.6. The number of carbonyl (C=O) groups is 1. The second-order valence-electron chi connectivity index (χ2n) is 7.05. The molecule has 1 aromatic rings. The van der Waals surface area contributed by atoms with Crippen LogP contribution in [0, 0.1) is 5.92 Å². The molecule has 0 spiro atoms. The Morgan fingerprint density at radius 2 is 1.87 bits per heavy atom. The lowest BCUT2D eigenvalue weighted by molar-refractivity contribution is -0.136. The standard InChI is InChI=1S/C20H31NO2/c1-3-19(13-16-7-5-4-6-8-16)21-15(2)18-11-9-17(10-12-18)14-20(22)23/h9-12,15-16,19,21H,3-8,13-14H2,1-2H3,(H,22,23). The molecule has 2 rings (SSSR count). The van der Waals surface area contributed by atoms with E-state index in [0.717, 1.165) is 17.9 Å². The molecule has 1 fully saturated rings. The Morgan fingerprint density at radius 3 is 2.43 bits per heavy atom. The monoisotopic (exact) mass is 317 g/mol. The Bertz CT molecular complexity index is 477. The second kappa shape index (κ2) is 9.07. The molecular formula is C20H31NO2. The molecular weight excluding hydrogens is 286 g/mol. The summed E-state index contributed by atoms with van der Waals surface area (Å²) in [5, 5.41) is 12.6. The van der Waals surface area contributed by atoms with Crippen LogP contribution in [0.2, 0.25) is 0 Å². The minimum absolute atomic E-state index is 0.0986. The van der Waals surface area contributed by atoms with Crippen LogP contribution >= 0.6 is 0 Å². The molecule has 0 amide bonds. The Morgan fingerprint density at radius 1 is 1.22 bits per heavy atom. The lowest BCUT2D eigenvalue weighted by atomic mass is 9.84. The van der Waals surface area contributed by atoms with Crippen molar-refractivity contribution in [3.05, 3.63) is 35.4 Å². The predicted octanol–water partition coefficient (Wildman–Crippen LogP) is 4.71. The Kier molecular flexibility index (Phi) is 7.10. The van der Waals surface area contributed by atoms with Crippen LogP contribution in [0.5, 0.6) is 0 Å². The Labute approximate surface area is 140 Å². The molecule has 1 aliphatic carbocycles. The van der Waals surface area contributed by atoms with Gasteiger partial charge in [0.05, 0.1) is 6.42 Å². The van der Waals surface area contributed by atoms with E-state index in [1.165, 1.54) is 44.1 Å². The van der Waals surface area contributed by atoms with Gasteiger partial charge in [0.15, 0.2) is 0 Å². The molecule has 0 radical (unpaired) electrons. The van der Waals surface area contributed by atoms with Crippen LogP contribution in [0.1, 0.15) is 76.0 Å². The highest BCUT2D eigenvalue weighted by atomic mass is 16.4. The van der Waals surface area contributed by atoms with E-state index < -0.39 is 5.97 Å². The fourth-order valence-electron chi connectivity index (χ4n) is 3.73. The van der Waals surface area contributed by atoms with Gasteiger partial charge in [0.1, 0.15) is 0 Å². The third kappa shape index (κ3) is 5.98. The minimum atomic E-state index is -0.776. The molecule has 3 nitrogen and oxygen atoms in total. The van der Waals surface area contributed by atoms with Gasteiger partial charge in [0.2, 0.25) is 0 Å². The van der Waals surface area contributed by atoms with Crippen molar-refractivity contribution in [2.45, 2.75) is 77.3 Å². The first-order valence-corrected chi connectivity index (χ1v) is 9.15. The highest BCUT2D eigenvalue weighted by molar-refractivity contribution is 5.70. The van der Waals surface area contributed by atoms with Crippen molar-refractivity contribution >= 4 is 5.97 Å². The first kappa shape index (κ1) is 18.0. The van der Waals surface area contributed by atoms with Gasteiger partial charge in [-0.2, -0.15) is 0 Å². The zero-order chi connectivity index (χ0) is 16.7. The lowest BCUT2D eigenvalue weighted by Gasteiger charge is -2.29. The van der Waals surface area contributed by atoms with Gasteiger partial charge in [-0.15, -0.1) is 0 Å². The van der Waals surface area contributed by atoms with E-state index in [4.69, 9.17) is 5.11 Å². The molecule has 1 saturated carbocycles. The first-order valence-electron chi connectivity index (χ1n) is 9.15. The summed E-state index contributed by atoms with van der Waals surface area (Å²) in [6, 6.07) is 8.87. The van der Waals surface area contributed by atoms with E-state index in [2.05, 4.69) is 31.3 Å². The van der Waals surface area contributed by atoms with Gasteiger partial charge in [-0.05, 0) is 36.8 Å².